The molecule has 0 atom stereocenters. The smallest absolute Gasteiger partial charge is 0.313 e. The lowest BCUT2D eigenvalue weighted by Gasteiger charge is -2.18. The summed E-state index contributed by atoms with van der Waals surface area (Å²) >= 11 is 6.09. The molecule has 1 fully saturated rings. The number of nitrogens with one attached hydrogen (secondary N) is 2. The van der Waals surface area contributed by atoms with Gasteiger partial charge in [-0.1, -0.05) is 18.5 Å². The van der Waals surface area contributed by atoms with Crippen LogP contribution < -0.4 is 14.9 Å². The number of amides is 2. The number of carbonyl (C=O) groups is 2. The van der Waals surface area contributed by atoms with E-state index in [4.69, 9.17) is 11.6 Å². The van der Waals surface area contributed by atoms with Crippen LogP contribution in [0.2, 0.25) is 5.02 Å². The van der Waals surface area contributed by atoms with Gasteiger partial charge in [-0.15, -0.1) is 0 Å². The van der Waals surface area contributed by atoms with Gasteiger partial charge in [-0.2, -0.15) is 0 Å². The molecule has 0 aliphatic carbocycles. The lowest BCUT2D eigenvalue weighted by atomic mass is 10.2. The molecule has 2 rings (SSSR count). The highest BCUT2D eigenvalue weighted by Gasteiger charge is 2.28. The Morgan fingerprint density at radius 1 is 1.30 bits per heavy atom. The molecule has 1 aromatic carbocycles. The summed E-state index contributed by atoms with van der Waals surface area (Å²) < 4.78 is 25.1. The number of halogens is 1. The summed E-state index contributed by atoms with van der Waals surface area (Å²) in [6, 6.07) is 4.49. The number of carbonyl (C=O) groups excluding carboxylic acids is 2. The molecule has 126 valence electrons. The summed E-state index contributed by atoms with van der Waals surface area (Å²) in [5.41, 5.74) is 0.699. The van der Waals surface area contributed by atoms with Crippen LogP contribution in [0.4, 0.5) is 11.4 Å². The Balaban J connectivity index is 2.11. The van der Waals surface area contributed by atoms with Gasteiger partial charge in [0.1, 0.15) is 0 Å². The Morgan fingerprint density at radius 3 is 2.61 bits per heavy atom. The molecule has 1 heterocycles. The standard InChI is InChI=1S/C14H18ClN3O4S/c1-2-6-16-13(19)14(20)17-12-5-4-10(9-11(12)15)18-7-3-8-23(18,21)22/h4-5,9H,2-3,6-8H2,1H3,(H,16,19)(H,17,20). The quantitative estimate of drug-likeness (QED) is 0.793. The first kappa shape index (κ1) is 17.6. The molecule has 23 heavy (non-hydrogen) atoms. The molecular weight excluding hydrogens is 342 g/mol. The second-order valence-corrected chi connectivity index (χ2v) is 7.54. The highest BCUT2D eigenvalue weighted by molar-refractivity contribution is 7.93. The molecule has 2 amide bonds. The number of rotatable bonds is 4. The maximum Gasteiger partial charge on any atom is 0.313 e. The number of nitrogens with zero attached hydrogens (tertiary/aromatic N) is 1. The van der Waals surface area contributed by atoms with Crippen molar-refractivity contribution in [3.05, 3.63) is 23.2 Å². The number of hydrogen-bond donors (Lipinski definition) is 2. The van der Waals surface area contributed by atoms with Crippen molar-refractivity contribution in [3.8, 4) is 0 Å². The van der Waals surface area contributed by atoms with Gasteiger partial charge in [0.25, 0.3) is 0 Å². The molecule has 1 aliphatic heterocycles. The average molecular weight is 360 g/mol. The van der Waals surface area contributed by atoms with Crippen LogP contribution in [0.3, 0.4) is 0 Å². The first-order chi connectivity index (χ1) is 10.8. The van der Waals surface area contributed by atoms with Crippen LogP contribution in [-0.4, -0.2) is 39.1 Å². The highest BCUT2D eigenvalue weighted by Crippen LogP contribution is 2.31. The second-order valence-electron chi connectivity index (χ2n) is 5.12. The molecular formula is C14H18ClN3O4S. The zero-order valence-electron chi connectivity index (χ0n) is 12.6. The van der Waals surface area contributed by atoms with Crippen molar-refractivity contribution in [2.45, 2.75) is 19.8 Å². The van der Waals surface area contributed by atoms with Gasteiger partial charge in [-0.05, 0) is 31.0 Å². The van der Waals surface area contributed by atoms with E-state index in [0.717, 1.165) is 6.42 Å². The van der Waals surface area contributed by atoms with Gasteiger partial charge in [0.2, 0.25) is 10.0 Å². The van der Waals surface area contributed by atoms with E-state index in [1.54, 1.807) is 6.07 Å². The molecule has 0 saturated carbocycles. The minimum Gasteiger partial charge on any atom is -0.348 e. The first-order valence-corrected chi connectivity index (χ1v) is 9.23. The third-order valence-electron chi connectivity index (χ3n) is 3.33. The minimum absolute atomic E-state index is 0.112. The molecule has 0 spiro atoms. The van der Waals surface area contributed by atoms with E-state index < -0.39 is 21.8 Å². The van der Waals surface area contributed by atoms with E-state index in [1.165, 1.54) is 16.4 Å². The Morgan fingerprint density at radius 2 is 2.04 bits per heavy atom. The molecule has 1 aliphatic rings. The molecule has 2 N–H and O–H groups in total. The summed E-state index contributed by atoms with van der Waals surface area (Å²) in [6.07, 6.45) is 1.29. The van der Waals surface area contributed by atoms with Crippen LogP contribution in [0.25, 0.3) is 0 Å². The lowest BCUT2D eigenvalue weighted by Crippen LogP contribution is -2.35. The van der Waals surface area contributed by atoms with Gasteiger partial charge >= 0.3 is 11.8 Å². The average Bonchev–Trinajstić information content (AvgIpc) is 2.86. The van der Waals surface area contributed by atoms with Gasteiger partial charge in [-0.25, -0.2) is 8.42 Å². The third-order valence-corrected chi connectivity index (χ3v) is 5.51. The van der Waals surface area contributed by atoms with Crippen molar-refractivity contribution in [2.75, 3.05) is 28.5 Å². The van der Waals surface area contributed by atoms with Gasteiger partial charge in [0.15, 0.2) is 0 Å². The van der Waals surface area contributed by atoms with E-state index in [9.17, 15) is 18.0 Å². The fourth-order valence-corrected chi connectivity index (χ4v) is 3.97. The second kappa shape index (κ2) is 7.18. The van der Waals surface area contributed by atoms with Crippen LogP contribution in [0.5, 0.6) is 0 Å². The molecule has 1 saturated heterocycles. The van der Waals surface area contributed by atoms with Crippen LogP contribution in [0, 0.1) is 0 Å². The van der Waals surface area contributed by atoms with Crippen LogP contribution in [0.15, 0.2) is 18.2 Å². The van der Waals surface area contributed by atoms with Crippen molar-refractivity contribution >= 4 is 44.8 Å². The van der Waals surface area contributed by atoms with E-state index in [0.29, 0.717) is 25.2 Å². The summed E-state index contributed by atoms with van der Waals surface area (Å²) in [4.78, 5) is 23.3. The zero-order valence-corrected chi connectivity index (χ0v) is 14.2. The number of hydrogen-bond acceptors (Lipinski definition) is 4. The molecule has 7 nitrogen and oxygen atoms in total. The SMILES string of the molecule is CCCNC(=O)C(=O)Nc1ccc(N2CCCS2(=O)=O)cc1Cl. The Bertz CT molecular complexity index is 721. The van der Waals surface area contributed by atoms with Gasteiger partial charge in [0, 0.05) is 13.1 Å². The Labute approximate surface area is 140 Å². The number of anilines is 2. The Hall–Kier alpha value is -1.80. The monoisotopic (exact) mass is 359 g/mol. The molecule has 0 unspecified atom stereocenters. The van der Waals surface area contributed by atoms with Crippen molar-refractivity contribution in [1.82, 2.24) is 5.32 Å². The summed E-state index contributed by atoms with van der Waals surface area (Å²) in [7, 11) is -3.29. The number of benzene rings is 1. The summed E-state index contributed by atoms with van der Waals surface area (Å²) in [6.45, 7) is 2.69. The molecule has 0 radical (unpaired) electrons. The van der Waals surface area contributed by atoms with Gasteiger partial charge in [0.05, 0.1) is 22.2 Å². The van der Waals surface area contributed by atoms with Crippen molar-refractivity contribution < 1.29 is 18.0 Å². The topological polar surface area (TPSA) is 95.6 Å². The maximum absolute atomic E-state index is 11.9. The normalized spacial score (nSPS) is 16.2. The Kier molecular flexibility index (Phi) is 5.48. The van der Waals surface area contributed by atoms with E-state index in [-0.39, 0.29) is 16.5 Å². The summed E-state index contributed by atoms with van der Waals surface area (Å²) in [5, 5.41) is 5.03. The third kappa shape index (κ3) is 4.14. The molecule has 1 aromatic rings. The summed E-state index contributed by atoms with van der Waals surface area (Å²) in [5.74, 6) is -1.45. The van der Waals surface area contributed by atoms with Crippen LogP contribution in [0.1, 0.15) is 19.8 Å². The lowest BCUT2D eigenvalue weighted by molar-refractivity contribution is -0.136. The maximum atomic E-state index is 11.9. The van der Waals surface area contributed by atoms with Crippen LogP contribution >= 0.6 is 11.6 Å². The fraction of sp³-hybridized carbons (Fsp3) is 0.429. The first-order valence-electron chi connectivity index (χ1n) is 7.24. The van der Waals surface area contributed by atoms with Gasteiger partial charge in [-0.3, -0.25) is 13.9 Å². The van der Waals surface area contributed by atoms with Crippen LogP contribution in [-0.2, 0) is 19.6 Å². The zero-order chi connectivity index (χ0) is 17.0. The van der Waals surface area contributed by atoms with Crippen molar-refractivity contribution in [1.29, 1.82) is 0 Å². The van der Waals surface area contributed by atoms with E-state index in [2.05, 4.69) is 10.6 Å². The minimum atomic E-state index is -3.29. The van der Waals surface area contributed by atoms with E-state index in [1.807, 2.05) is 6.92 Å². The van der Waals surface area contributed by atoms with Crippen molar-refractivity contribution in [2.24, 2.45) is 0 Å². The molecule has 0 bridgehead atoms. The highest BCUT2D eigenvalue weighted by atomic mass is 35.5. The molecule has 9 heteroatoms. The predicted molar refractivity (Wildman–Crippen MR) is 89.1 cm³/mol. The predicted octanol–water partition coefficient (Wildman–Crippen LogP) is 1.34. The number of sulfonamides is 1. The largest absolute Gasteiger partial charge is 0.348 e. The van der Waals surface area contributed by atoms with E-state index >= 15 is 0 Å². The molecule has 0 aromatic heterocycles. The van der Waals surface area contributed by atoms with Gasteiger partial charge < -0.3 is 10.6 Å². The fourth-order valence-electron chi connectivity index (χ4n) is 2.19. The van der Waals surface area contributed by atoms with Crippen molar-refractivity contribution in [3.63, 3.8) is 0 Å².